The highest BCUT2D eigenvalue weighted by Crippen LogP contribution is 2.50. The summed E-state index contributed by atoms with van der Waals surface area (Å²) in [6.07, 6.45) is 6.05. The molecule has 4 atom stereocenters. The van der Waals surface area contributed by atoms with Crippen molar-refractivity contribution in [1.82, 2.24) is 5.32 Å². The van der Waals surface area contributed by atoms with Crippen LogP contribution in [0.25, 0.3) is 0 Å². The molecule has 2 fully saturated rings. The molecule has 1 N–H and O–H groups in total. The lowest BCUT2D eigenvalue weighted by molar-refractivity contribution is 0.283. The number of hydrogen-bond donors (Lipinski definition) is 1. The largest absolute Gasteiger partial charge is 0.313 e. The molecule has 1 aromatic rings. The lowest BCUT2D eigenvalue weighted by Gasteiger charge is -2.27. The van der Waals surface area contributed by atoms with Crippen molar-refractivity contribution >= 4 is 0 Å². The number of rotatable bonds is 4. The molecule has 2 aliphatic carbocycles. The molecular formula is C16H20F3N. The van der Waals surface area contributed by atoms with Crippen LogP contribution in [0.5, 0.6) is 0 Å². The van der Waals surface area contributed by atoms with Crippen molar-refractivity contribution < 1.29 is 13.2 Å². The number of fused-ring (bicyclic) bond motifs is 2. The van der Waals surface area contributed by atoms with Crippen molar-refractivity contribution in [1.29, 1.82) is 0 Å². The zero-order valence-electron chi connectivity index (χ0n) is 11.6. The highest BCUT2D eigenvalue weighted by molar-refractivity contribution is 5.23. The van der Waals surface area contributed by atoms with Gasteiger partial charge in [0, 0.05) is 6.04 Å². The summed E-state index contributed by atoms with van der Waals surface area (Å²) in [6.45, 7) is 0. The Hall–Kier alpha value is -1.03. The van der Waals surface area contributed by atoms with Crippen LogP contribution in [0.4, 0.5) is 13.2 Å². The van der Waals surface area contributed by atoms with Crippen molar-refractivity contribution in [3.63, 3.8) is 0 Å². The second-order valence-electron chi connectivity index (χ2n) is 6.31. The smallest absolute Gasteiger partial charge is 0.194 e. The van der Waals surface area contributed by atoms with Gasteiger partial charge in [0.1, 0.15) is 0 Å². The van der Waals surface area contributed by atoms with E-state index < -0.39 is 17.5 Å². The molecule has 1 aromatic carbocycles. The van der Waals surface area contributed by atoms with E-state index in [-0.39, 0.29) is 6.04 Å². The Balaban J connectivity index is 1.76. The van der Waals surface area contributed by atoms with Gasteiger partial charge in [0.25, 0.3) is 0 Å². The predicted octanol–water partition coefficient (Wildman–Crippen LogP) is 4.19. The van der Waals surface area contributed by atoms with Crippen molar-refractivity contribution in [3.8, 4) is 0 Å². The monoisotopic (exact) mass is 283 g/mol. The lowest BCUT2D eigenvalue weighted by Crippen LogP contribution is -2.23. The van der Waals surface area contributed by atoms with E-state index in [1.54, 1.807) is 7.05 Å². The van der Waals surface area contributed by atoms with E-state index in [0.717, 1.165) is 30.4 Å². The minimum Gasteiger partial charge on any atom is -0.313 e. The van der Waals surface area contributed by atoms with Gasteiger partial charge in [0.15, 0.2) is 17.5 Å². The Morgan fingerprint density at radius 1 is 1.15 bits per heavy atom. The maximum Gasteiger partial charge on any atom is 0.194 e. The molecule has 20 heavy (non-hydrogen) atoms. The highest BCUT2D eigenvalue weighted by atomic mass is 19.2. The molecule has 2 bridgehead atoms. The molecule has 0 aromatic heterocycles. The van der Waals surface area contributed by atoms with Crippen molar-refractivity contribution in [3.05, 3.63) is 35.1 Å². The van der Waals surface area contributed by atoms with E-state index in [9.17, 15) is 13.2 Å². The standard InChI is InChI=1S/C16H20F3N/c1-20-15(8-11-5-9-2-3-10(11)4-9)12-6-13(17)16(19)14(18)7-12/h6-7,9-11,15,20H,2-5,8H2,1H3. The highest BCUT2D eigenvalue weighted by Gasteiger charge is 2.40. The van der Waals surface area contributed by atoms with Crippen molar-refractivity contribution in [2.24, 2.45) is 17.8 Å². The predicted molar refractivity (Wildman–Crippen MR) is 71.7 cm³/mol. The molecule has 0 spiro atoms. The van der Waals surface area contributed by atoms with Crippen LogP contribution in [0, 0.1) is 35.2 Å². The average molecular weight is 283 g/mol. The third kappa shape index (κ3) is 2.46. The van der Waals surface area contributed by atoms with Gasteiger partial charge in [-0.1, -0.05) is 6.42 Å². The molecule has 2 aliphatic rings. The fourth-order valence-electron chi connectivity index (χ4n) is 4.16. The van der Waals surface area contributed by atoms with Gasteiger partial charge in [-0.25, -0.2) is 13.2 Å². The number of hydrogen-bond acceptors (Lipinski definition) is 1. The van der Waals surface area contributed by atoms with Crippen molar-refractivity contribution in [2.45, 2.75) is 38.1 Å². The van der Waals surface area contributed by atoms with Gasteiger partial charge in [-0.2, -0.15) is 0 Å². The van der Waals surface area contributed by atoms with Gasteiger partial charge in [0.05, 0.1) is 0 Å². The summed E-state index contributed by atoms with van der Waals surface area (Å²) >= 11 is 0. The first-order valence-corrected chi connectivity index (χ1v) is 7.40. The Kier molecular flexibility index (Phi) is 3.76. The summed E-state index contributed by atoms with van der Waals surface area (Å²) in [5.41, 5.74) is 0.506. The molecule has 4 heteroatoms. The Morgan fingerprint density at radius 2 is 1.85 bits per heavy atom. The number of benzene rings is 1. The van der Waals surface area contributed by atoms with Crippen LogP contribution < -0.4 is 5.32 Å². The molecule has 2 saturated carbocycles. The van der Waals surface area contributed by atoms with Gasteiger partial charge < -0.3 is 5.32 Å². The number of halogens is 3. The second-order valence-corrected chi connectivity index (χ2v) is 6.31. The van der Waals surface area contributed by atoms with Gasteiger partial charge in [-0.05, 0) is 68.2 Å². The molecular weight excluding hydrogens is 263 g/mol. The quantitative estimate of drug-likeness (QED) is 0.817. The summed E-state index contributed by atoms with van der Waals surface area (Å²) in [5, 5.41) is 3.12. The topological polar surface area (TPSA) is 12.0 Å². The fourth-order valence-corrected chi connectivity index (χ4v) is 4.16. The Morgan fingerprint density at radius 3 is 2.35 bits per heavy atom. The van der Waals surface area contributed by atoms with E-state index in [2.05, 4.69) is 5.32 Å². The first-order chi connectivity index (χ1) is 9.58. The molecule has 110 valence electrons. The summed E-state index contributed by atoms with van der Waals surface area (Å²) in [7, 11) is 1.79. The van der Waals surface area contributed by atoms with Crippen LogP contribution in [0.2, 0.25) is 0 Å². The van der Waals surface area contributed by atoms with Crippen LogP contribution in [0.1, 0.15) is 43.7 Å². The third-order valence-corrected chi connectivity index (χ3v) is 5.18. The van der Waals surface area contributed by atoms with Gasteiger partial charge in [0.2, 0.25) is 0 Å². The molecule has 0 amide bonds. The number of nitrogens with one attached hydrogen (secondary N) is 1. The molecule has 1 nitrogen and oxygen atoms in total. The van der Waals surface area contributed by atoms with Gasteiger partial charge >= 0.3 is 0 Å². The first kappa shape index (κ1) is 13.9. The lowest BCUT2D eigenvalue weighted by atomic mass is 9.83. The molecule has 0 saturated heterocycles. The SMILES string of the molecule is CNC(CC1CC2CCC1C2)c1cc(F)c(F)c(F)c1. The maximum absolute atomic E-state index is 13.4. The zero-order valence-corrected chi connectivity index (χ0v) is 11.6. The normalized spacial score (nSPS) is 29.9. The summed E-state index contributed by atoms with van der Waals surface area (Å²) in [4.78, 5) is 0. The zero-order chi connectivity index (χ0) is 14.3. The van der Waals surface area contributed by atoms with E-state index in [0.29, 0.717) is 11.5 Å². The van der Waals surface area contributed by atoms with Gasteiger partial charge in [-0.3, -0.25) is 0 Å². The summed E-state index contributed by atoms with van der Waals surface area (Å²) < 4.78 is 39.7. The van der Waals surface area contributed by atoms with E-state index in [1.165, 1.54) is 25.7 Å². The fraction of sp³-hybridized carbons (Fsp3) is 0.625. The molecule has 3 rings (SSSR count). The average Bonchev–Trinajstić information content (AvgIpc) is 3.04. The molecule has 0 aliphatic heterocycles. The molecule has 0 radical (unpaired) electrons. The summed E-state index contributed by atoms with van der Waals surface area (Å²) in [6, 6.07) is 2.13. The first-order valence-electron chi connectivity index (χ1n) is 7.40. The van der Waals surface area contributed by atoms with Gasteiger partial charge in [-0.15, -0.1) is 0 Å². The van der Waals surface area contributed by atoms with Crippen LogP contribution in [0.15, 0.2) is 12.1 Å². The van der Waals surface area contributed by atoms with E-state index >= 15 is 0 Å². The van der Waals surface area contributed by atoms with E-state index in [1.807, 2.05) is 0 Å². The maximum atomic E-state index is 13.4. The van der Waals surface area contributed by atoms with Crippen LogP contribution in [0.3, 0.4) is 0 Å². The van der Waals surface area contributed by atoms with Crippen LogP contribution in [-0.2, 0) is 0 Å². The van der Waals surface area contributed by atoms with Crippen LogP contribution >= 0.6 is 0 Å². The molecule has 4 unspecified atom stereocenters. The Bertz CT molecular complexity index is 479. The third-order valence-electron chi connectivity index (χ3n) is 5.18. The minimum absolute atomic E-state index is 0.107. The second kappa shape index (κ2) is 5.40. The van der Waals surface area contributed by atoms with E-state index in [4.69, 9.17) is 0 Å². The van der Waals surface area contributed by atoms with Crippen LogP contribution in [-0.4, -0.2) is 7.05 Å². The molecule has 0 heterocycles. The Labute approximate surface area is 117 Å². The minimum atomic E-state index is -1.39. The summed E-state index contributed by atoms with van der Waals surface area (Å²) in [5.74, 6) is -1.34. The van der Waals surface area contributed by atoms with Crippen molar-refractivity contribution in [2.75, 3.05) is 7.05 Å².